The third-order valence-electron chi connectivity index (χ3n) is 4.03. The molecule has 0 radical (unpaired) electrons. The standard InChI is InChI=1S/C19H17Cl2N5O2/c1-11(2)12-3-6-14(7-4-12)24-18-17(26(27)28)19(23-10-22-18)25-16-8-5-13(20)9-15(16)21/h3-11H,1-2H3,(H2,22,23,24,25). The van der Waals surface area contributed by atoms with E-state index in [-0.39, 0.29) is 17.3 Å². The van der Waals surface area contributed by atoms with Crippen molar-refractivity contribution in [3.63, 3.8) is 0 Å². The summed E-state index contributed by atoms with van der Waals surface area (Å²) in [5, 5.41) is 18.3. The molecule has 0 fully saturated rings. The van der Waals surface area contributed by atoms with Gasteiger partial charge in [0.25, 0.3) is 0 Å². The molecule has 0 atom stereocenters. The van der Waals surface area contributed by atoms with Crippen molar-refractivity contribution in [3.05, 3.63) is 74.5 Å². The fraction of sp³-hybridized carbons (Fsp3) is 0.158. The normalized spacial score (nSPS) is 10.8. The SMILES string of the molecule is CC(C)c1ccc(Nc2ncnc(Nc3ccc(Cl)cc3Cl)c2[N+](=O)[O-])cc1. The molecule has 9 heteroatoms. The van der Waals surface area contributed by atoms with E-state index < -0.39 is 4.92 Å². The average Bonchev–Trinajstić information content (AvgIpc) is 2.64. The summed E-state index contributed by atoms with van der Waals surface area (Å²) in [4.78, 5) is 19.2. The number of nitrogens with zero attached hydrogens (tertiary/aromatic N) is 3. The van der Waals surface area contributed by atoms with Crippen molar-refractivity contribution in [2.75, 3.05) is 10.6 Å². The van der Waals surface area contributed by atoms with Crippen LogP contribution in [-0.2, 0) is 0 Å². The quantitative estimate of drug-likeness (QED) is 0.360. The van der Waals surface area contributed by atoms with E-state index in [9.17, 15) is 10.1 Å². The highest BCUT2D eigenvalue weighted by Gasteiger charge is 2.24. The van der Waals surface area contributed by atoms with E-state index in [0.717, 1.165) is 0 Å². The van der Waals surface area contributed by atoms with Gasteiger partial charge < -0.3 is 10.6 Å². The number of hydrogen-bond acceptors (Lipinski definition) is 6. The van der Waals surface area contributed by atoms with Crippen LogP contribution in [0.4, 0.5) is 28.7 Å². The zero-order chi connectivity index (χ0) is 20.3. The zero-order valence-corrected chi connectivity index (χ0v) is 16.6. The largest absolute Gasteiger partial charge is 0.353 e. The van der Waals surface area contributed by atoms with Crippen LogP contribution in [-0.4, -0.2) is 14.9 Å². The lowest BCUT2D eigenvalue weighted by Gasteiger charge is -2.12. The Labute approximate surface area is 171 Å². The number of anilines is 4. The van der Waals surface area contributed by atoms with E-state index in [1.807, 2.05) is 24.3 Å². The Bertz CT molecular complexity index is 1010. The van der Waals surface area contributed by atoms with Gasteiger partial charge in [-0.1, -0.05) is 49.2 Å². The summed E-state index contributed by atoms with van der Waals surface area (Å²) < 4.78 is 0. The number of hydrogen-bond donors (Lipinski definition) is 2. The monoisotopic (exact) mass is 417 g/mol. The Morgan fingerprint density at radius 2 is 1.64 bits per heavy atom. The van der Waals surface area contributed by atoms with E-state index >= 15 is 0 Å². The second-order valence-corrected chi connectivity index (χ2v) is 7.17. The van der Waals surface area contributed by atoms with E-state index in [0.29, 0.717) is 27.3 Å². The van der Waals surface area contributed by atoms with Gasteiger partial charge in [0.15, 0.2) is 0 Å². The molecule has 0 unspecified atom stereocenters. The molecule has 3 aromatic rings. The van der Waals surface area contributed by atoms with Crippen LogP contribution in [0.3, 0.4) is 0 Å². The van der Waals surface area contributed by atoms with Crippen LogP contribution in [0.2, 0.25) is 10.0 Å². The third kappa shape index (κ3) is 4.49. The van der Waals surface area contributed by atoms with Crippen molar-refractivity contribution in [3.8, 4) is 0 Å². The first kappa shape index (κ1) is 19.9. The number of nitrogens with one attached hydrogen (secondary N) is 2. The van der Waals surface area contributed by atoms with Gasteiger partial charge in [0.1, 0.15) is 6.33 Å². The minimum absolute atomic E-state index is 0.0190. The molecule has 0 saturated heterocycles. The molecule has 2 aromatic carbocycles. The Kier molecular flexibility index (Phi) is 5.96. The van der Waals surface area contributed by atoms with Gasteiger partial charge in [-0.05, 0) is 41.8 Å². The number of halogens is 2. The molecule has 2 N–H and O–H groups in total. The average molecular weight is 418 g/mol. The maximum atomic E-state index is 11.7. The lowest BCUT2D eigenvalue weighted by atomic mass is 10.0. The molecule has 0 aliphatic carbocycles. The Morgan fingerprint density at radius 3 is 2.21 bits per heavy atom. The van der Waals surface area contributed by atoms with E-state index in [1.165, 1.54) is 18.0 Å². The highest BCUT2D eigenvalue weighted by molar-refractivity contribution is 6.36. The first-order valence-corrected chi connectivity index (χ1v) is 9.19. The van der Waals surface area contributed by atoms with Crippen LogP contribution < -0.4 is 10.6 Å². The van der Waals surface area contributed by atoms with Gasteiger partial charge in [-0.15, -0.1) is 0 Å². The summed E-state index contributed by atoms with van der Waals surface area (Å²) in [6.45, 7) is 4.19. The summed E-state index contributed by atoms with van der Waals surface area (Å²) in [5.41, 5.74) is 2.01. The molecule has 144 valence electrons. The maximum absolute atomic E-state index is 11.7. The molecule has 28 heavy (non-hydrogen) atoms. The molecule has 0 bridgehead atoms. The molecule has 0 amide bonds. The predicted octanol–water partition coefficient (Wildman–Crippen LogP) is 6.30. The molecular weight excluding hydrogens is 401 g/mol. The van der Waals surface area contributed by atoms with Crippen LogP contribution in [0.5, 0.6) is 0 Å². The van der Waals surface area contributed by atoms with Crippen molar-refractivity contribution in [1.82, 2.24) is 9.97 Å². The molecule has 1 heterocycles. The second kappa shape index (κ2) is 8.41. The van der Waals surface area contributed by atoms with Crippen LogP contribution in [0.15, 0.2) is 48.8 Å². The Balaban J connectivity index is 1.94. The van der Waals surface area contributed by atoms with E-state index in [1.54, 1.807) is 12.1 Å². The highest BCUT2D eigenvalue weighted by atomic mass is 35.5. The lowest BCUT2D eigenvalue weighted by molar-refractivity contribution is -0.383. The summed E-state index contributed by atoms with van der Waals surface area (Å²) in [6.07, 6.45) is 1.24. The maximum Gasteiger partial charge on any atom is 0.353 e. The van der Waals surface area contributed by atoms with E-state index in [2.05, 4.69) is 34.4 Å². The van der Waals surface area contributed by atoms with Gasteiger partial charge in [-0.25, -0.2) is 9.97 Å². The van der Waals surface area contributed by atoms with Gasteiger partial charge in [0.2, 0.25) is 11.6 Å². The minimum atomic E-state index is -0.545. The topological polar surface area (TPSA) is 93.0 Å². The molecule has 0 aliphatic heterocycles. The summed E-state index contributed by atoms with van der Waals surface area (Å²) >= 11 is 12.0. The van der Waals surface area contributed by atoms with Gasteiger partial charge >= 0.3 is 5.69 Å². The van der Waals surface area contributed by atoms with Crippen LogP contribution >= 0.6 is 23.2 Å². The molecular formula is C19H17Cl2N5O2. The number of benzene rings is 2. The molecule has 0 aliphatic rings. The highest BCUT2D eigenvalue weighted by Crippen LogP contribution is 2.35. The first-order chi connectivity index (χ1) is 13.3. The third-order valence-corrected chi connectivity index (χ3v) is 4.58. The Hall–Kier alpha value is -2.90. The summed E-state index contributed by atoms with van der Waals surface area (Å²) in [5.74, 6) is 0.484. The minimum Gasteiger partial charge on any atom is -0.334 e. The predicted molar refractivity (Wildman–Crippen MR) is 112 cm³/mol. The number of rotatable bonds is 6. The van der Waals surface area contributed by atoms with Crippen molar-refractivity contribution >= 4 is 51.9 Å². The molecule has 0 spiro atoms. The van der Waals surface area contributed by atoms with Crippen molar-refractivity contribution in [1.29, 1.82) is 0 Å². The van der Waals surface area contributed by atoms with Gasteiger partial charge in [0.05, 0.1) is 15.6 Å². The molecule has 3 rings (SSSR count). The van der Waals surface area contributed by atoms with Crippen LogP contribution in [0.25, 0.3) is 0 Å². The van der Waals surface area contributed by atoms with Gasteiger partial charge in [0, 0.05) is 10.7 Å². The number of aromatic nitrogens is 2. The lowest BCUT2D eigenvalue weighted by Crippen LogP contribution is -2.05. The molecule has 7 nitrogen and oxygen atoms in total. The van der Waals surface area contributed by atoms with Crippen molar-refractivity contribution in [2.24, 2.45) is 0 Å². The zero-order valence-electron chi connectivity index (χ0n) is 15.1. The first-order valence-electron chi connectivity index (χ1n) is 8.43. The fourth-order valence-corrected chi connectivity index (χ4v) is 3.00. The molecule has 0 saturated carbocycles. The summed E-state index contributed by atoms with van der Waals surface area (Å²) in [6, 6.07) is 12.4. The second-order valence-electron chi connectivity index (χ2n) is 6.33. The molecule has 1 aromatic heterocycles. The van der Waals surface area contributed by atoms with Crippen molar-refractivity contribution in [2.45, 2.75) is 19.8 Å². The van der Waals surface area contributed by atoms with Crippen LogP contribution in [0, 0.1) is 10.1 Å². The summed E-state index contributed by atoms with van der Waals surface area (Å²) in [7, 11) is 0. The van der Waals surface area contributed by atoms with Crippen molar-refractivity contribution < 1.29 is 4.92 Å². The van der Waals surface area contributed by atoms with E-state index in [4.69, 9.17) is 23.2 Å². The van der Waals surface area contributed by atoms with Gasteiger partial charge in [-0.2, -0.15) is 0 Å². The fourth-order valence-electron chi connectivity index (χ4n) is 2.54. The van der Waals surface area contributed by atoms with Gasteiger partial charge in [-0.3, -0.25) is 10.1 Å². The Morgan fingerprint density at radius 1 is 1.00 bits per heavy atom. The van der Waals surface area contributed by atoms with Crippen LogP contribution in [0.1, 0.15) is 25.3 Å². The smallest absolute Gasteiger partial charge is 0.334 e. The number of nitro groups is 1.